The van der Waals surface area contributed by atoms with Crippen LogP contribution in [0.1, 0.15) is 19.4 Å². The van der Waals surface area contributed by atoms with E-state index in [1.807, 2.05) is 19.9 Å². The molecule has 128 valence electrons. The van der Waals surface area contributed by atoms with Gasteiger partial charge < -0.3 is 18.8 Å². The monoisotopic (exact) mass is 331 g/mol. The Labute approximate surface area is 140 Å². The van der Waals surface area contributed by atoms with Crippen LogP contribution in [0.2, 0.25) is 0 Å². The number of benzene rings is 1. The van der Waals surface area contributed by atoms with Gasteiger partial charge in [-0.1, -0.05) is 0 Å². The highest BCUT2D eigenvalue weighted by molar-refractivity contribution is 5.87. The van der Waals surface area contributed by atoms with Gasteiger partial charge in [-0.15, -0.1) is 0 Å². The van der Waals surface area contributed by atoms with Gasteiger partial charge in [0.1, 0.15) is 11.3 Å². The van der Waals surface area contributed by atoms with Gasteiger partial charge in [0.2, 0.25) is 5.91 Å². The molecule has 0 unspecified atom stereocenters. The molecule has 2 atom stereocenters. The third-order valence-corrected chi connectivity index (χ3v) is 4.15. The van der Waals surface area contributed by atoms with Crippen LogP contribution in [0.15, 0.2) is 33.5 Å². The van der Waals surface area contributed by atoms with Crippen LogP contribution < -0.4 is 10.4 Å². The number of nitrogens with zero attached hydrogens (tertiary/aromatic N) is 1. The molecule has 1 saturated heterocycles. The minimum atomic E-state index is -0.470. The number of methoxy groups -OCH3 is 1. The van der Waals surface area contributed by atoms with Gasteiger partial charge in [-0.25, -0.2) is 4.79 Å². The van der Waals surface area contributed by atoms with E-state index in [2.05, 4.69) is 0 Å². The summed E-state index contributed by atoms with van der Waals surface area (Å²) in [6.45, 7) is 5.04. The van der Waals surface area contributed by atoms with Gasteiger partial charge in [-0.2, -0.15) is 0 Å². The molecule has 2 heterocycles. The standard InChI is InChI=1S/C18H21NO5/c1-11-9-19(10-12(2)23-11)17(20)6-13-7-18(21)24-16-8-14(22-3)4-5-15(13)16/h4-5,7-8,11-12H,6,9-10H2,1-3H3/t11-,12-/m0/s1. The maximum absolute atomic E-state index is 12.6. The van der Waals surface area contributed by atoms with E-state index in [-0.39, 0.29) is 24.5 Å². The normalized spacial score (nSPS) is 21.0. The Hall–Kier alpha value is -2.34. The lowest BCUT2D eigenvalue weighted by atomic mass is 10.1. The minimum absolute atomic E-state index is 0.0135. The molecule has 1 amide bonds. The van der Waals surface area contributed by atoms with Crippen molar-refractivity contribution in [2.75, 3.05) is 20.2 Å². The Morgan fingerprint density at radius 2 is 1.96 bits per heavy atom. The second-order valence-electron chi connectivity index (χ2n) is 6.19. The number of carbonyl (C=O) groups is 1. The van der Waals surface area contributed by atoms with Crippen molar-refractivity contribution in [1.82, 2.24) is 4.90 Å². The summed E-state index contributed by atoms with van der Waals surface area (Å²) in [4.78, 5) is 26.3. The van der Waals surface area contributed by atoms with E-state index in [0.29, 0.717) is 30.0 Å². The zero-order chi connectivity index (χ0) is 17.3. The molecular weight excluding hydrogens is 310 g/mol. The van der Waals surface area contributed by atoms with Crippen LogP contribution in [0.25, 0.3) is 11.0 Å². The molecule has 1 aromatic heterocycles. The largest absolute Gasteiger partial charge is 0.497 e. The smallest absolute Gasteiger partial charge is 0.336 e. The Morgan fingerprint density at radius 3 is 2.62 bits per heavy atom. The Bertz CT molecular complexity index is 803. The van der Waals surface area contributed by atoms with Crippen molar-refractivity contribution < 1.29 is 18.7 Å². The summed E-state index contributed by atoms with van der Waals surface area (Å²) in [6, 6.07) is 6.64. The van der Waals surface area contributed by atoms with E-state index in [9.17, 15) is 9.59 Å². The molecule has 0 bridgehead atoms. The van der Waals surface area contributed by atoms with Crippen LogP contribution >= 0.6 is 0 Å². The summed E-state index contributed by atoms with van der Waals surface area (Å²) in [7, 11) is 1.55. The predicted octanol–water partition coefficient (Wildman–Crippen LogP) is 1.98. The topological polar surface area (TPSA) is 69.0 Å². The molecule has 0 aliphatic carbocycles. The molecule has 24 heavy (non-hydrogen) atoms. The highest BCUT2D eigenvalue weighted by Gasteiger charge is 2.26. The predicted molar refractivity (Wildman–Crippen MR) is 89.3 cm³/mol. The van der Waals surface area contributed by atoms with E-state index < -0.39 is 5.63 Å². The Balaban J connectivity index is 1.89. The van der Waals surface area contributed by atoms with E-state index >= 15 is 0 Å². The van der Waals surface area contributed by atoms with Gasteiger partial charge in [0.15, 0.2) is 0 Å². The second-order valence-corrected chi connectivity index (χ2v) is 6.19. The van der Waals surface area contributed by atoms with Crippen LogP contribution in [-0.4, -0.2) is 43.2 Å². The van der Waals surface area contributed by atoms with Crippen molar-refractivity contribution in [2.24, 2.45) is 0 Å². The van der Waals surface area contributed by atoms with Crippen molar-refractivity contribution >= 4 is 16.9 Å². The van der Waals surface area contributed by atoms with Gasteiger partial charge in [0.05, 0.1) is 25.7 Å². The van der Waals surface area contributed by atoms with Crippen molar-refractivity contribution in [1.29, 1.82) is 0 Å². The van der Waals surface area contributed by atoms with E-state index in [0.717, 1.165) is 5.39 Å². The lowest BCUT2D eigenvalue weighted by Crippen LogP contribution is -2.48. The van der Waals surface area contributed by atoms with Crippen molar-refractivity contribution in [2.45, 2.75) is 32.5 Å². The van der Waals surface area contributed by atoms with Crippen LogP contribution in [-0.2, 0) is 16.0 Å². The van der Waals surface area contributed by atoms with Crippen molar-refractivity contribution in [3.8, 4) is 5.75 Å². The third-order valence-electron chi connectivity index (χ3n) is 4.15. The lowest BCUT2D eigenvalue weighted by Gasteiger charge is -2.35. The molecule has 1 fully saturated rings. The molecule has 0 radical (unpaired) electrons. The molecule has 3 rings (SSSR count). The average molecular weight is 331 g/mol. The van der Waals surface area contributed by atoms with Crippen LogP contribution in [0.4, 0.5) is 0 Å². The first kappa shape index (κ1) is 16.5. The summed E-state index contributed by atoms with van der Waals surface area (Å²) in [6.07, 6.45) is 0.188. The highest BCUT2D eigenvalue weighted by Crippen LogP contribution is 2.23. The number of hydrogen-bond donors (Lipinski definition) is 0. The minimum Gasteiger partial charge on any atom is -0.497 e. The summed E-state index contributed by atoms with van der Waals surface area (Å²) in [5.41, 5.74) is 0.622. The number of hydrogen-bond acceptors (Lipinski definition) is 5. The first-order valence-corrected chi connectivity index (χ1v) is 8.00. The van der Waals surface area contributed by atoms with Crippen LogP contribution in [0, 0.1) is 0 Å². The Morgan fingerprint density at radius 1 is 1.25 bits per heavy atom. The molecule has 1 aliphatic rings. The van der Waals surface area contributed by atoms with Crippen LogP contribution in [0.5, 0.6) is 5.75 Å². The molecule has 6 heteroatoms. The van der Waals surface area contributed by atoms with E-state index in [4.69, 9.17) is 13.9 Å². The number of carbonyl (C=O) groups excluding carboxylic acids is 1. The van der Waals surface area contributed by atoms with E-state index in [1.54, 1.807) is 24.1 Å². The van der Waals surface area contributed by atoms with Gasteiger partial charge in [0, 0.05) is 30.6 Å². The SMILES string of the molecule is COc1ccc2c(CC(=O)N3C[C@H](C)O[C@@H](C)C3)cc(=O)oc2c1. The van der Waals surface area contributed by atoms with Gasteiger partial charge >= 0.3 is 5.63 Å². The molecule has 0 saturated carbocycles. The fraction of sp³-hybridized carbons (Fsp3) is 0.444. The quantitative estimate of drug-likeness (QED) is 0.805. The molecular formula is C18H21NO5. The number of morpholine rings is 1. The summed E-state index contributed by atoms with van der Waals surface area (Å²) < 4.78 is 16.0. The number of ether oxygens (including phenoxy) is 2. The maximum Gasteiger partial charge on any atom is 0.336 e. The first-order chi connectivity index (χ1) is 11.5. The third kappa shape index (κ3) is 3.43. The fourth-order valence-corrected chi connectivity index (χ4v) is 3.14. The van der Waals surface area contributed by atoms with Crippen LogP contribution in [0.3, 0.4) is 0 Å². The summed E-state index contributed by atoms with van der Waals surface area (Å²) in [5.74, 6) is 0.588. The Kier molecular flexibility index (Phi) is 4.57. The zero-order valence-electron chi connectivity index (χ0n) is 14.1. The lowest BCUT2D eigenvalue weighted by molar-refractivity contribution is -0.142. The maximum atomic E-state index is 12.6. The molecule has 0 spiro atoms. The number of amides is 1. The van der Waals surface area contributed by atoms with Crippen molar-refractivity contribution in [3.63, 3.8) is 0 Å². The summed E-state index contributed by atoms with van der Waals surface area (Å²) >= 11 is 0. The number of fused-ring (bicyclic) bond motifs is 1. The first-order valence-electron chi connectivity index (χ1n) is 8.00. The molecule has 1 aliphatic heterocycles. The summed E-state index contributed by atoms with van der Waals surface area (Å²) in [5, 5.41) is 0.748. The molecule has 0 N–H and O–H groups in total. The zero-order valence-corrected chi connectivity index (χ0v) is 14.1. The molecule has 6 nitrogen and oxygen atoms in total. The van der Waals surface area contributed by atoms with Gasteiger partial charge in [-0.05, 0) is 31.5 Å². The van der Waals surface area contributed by atoms with Crippen molar-refractivity contribution in [3.05, 3.63) is 40.2 Å². The molecule has 1 aromatic carbocycles. The van der Waals surface area contributed by atoms with Gasteiger partial charge in [0.25, 0.3) is 0 Å². The van der Waals surface area contributed by atoms with Gasteiger partial charge in [-0.3, -0.25) is 4.79 Å². The highest BCUT2D eigenvalue weighted by atomic mass is 16.5. The number of rotatable bonds is 3. The fourth-order valence-electron chi connectivity index (χ4n) is 3.14. The second kappa shape index (κ2) is 6.65. The van der Waals surface area contributed by atoms with E-state index in [1.165, 1.54) is 6.07 Å². The average Bonchev–Trinajstić information content (AvgIpc) is 2.53. The molecule has 2 aromatic rings.